The van der Waals surface area contributed by atoms with Gasteiger partial charge in [0.2, 0.25) is 0 Å². The average Bonchev–Trinajstić information content (AvgIpc) is 2.86. The van der Waals surface area contributed by atoms with Gasteiger partial charge in [0.1, 0.15) is 11.6 Å². The number of aryl methyl sites for hydroxylation is 1. The number of rotatable bonds is 4. The van der Waals surface area contributed by atoms with Gasteiger partial charge in [0.15, 0.2) is 0 Å². The van der Waals surface area contributed by atoms with Crippen LogP contribution < -0.4 is 10.2 Å². The summed E-state index contributed by atoms with van der Waals surface area (Å²) in [7, 11) is 2.02. The predicted molar refractivity (Wildman–Crippen MR) is 82.5 cm³/mol. The molecule has 3 rings (SSSR count). The number of ether oxygens (including phenoxy) is 1. The number of anilines is 2. The number of aromatic nitrogens is 3. The predicted octanol–water partition coefficient (Wildman–Crippen LogP) is 1.57. The molecule has 6 nitrogen and oxygen atoms in total. The summed E-state index contributed by atoms with van der Waals surface area (Å²) < 4.78 is 7.44. The molecule has 112 valence electrons. The summed E-state index contributed by atoms with van der Waals surface area (Å²) in [4.78, 5) is 11.1. The molecule has 0 amide bonds. The van der Waals surface area contributed by atoms with E-state index in [1.54, 1.807) is 0 Å². The first-order valence-corrected chi connectivity index (χ1v) is 7.24. The zero-order valence-electron chi connectivity index (χ0n) is 12.5. The third kappa shape index (κ3) is 3.16. The Labute approximate surface area is 124 Å². The summed E-state index contributed by atoms with van der Waals surface area (Å²) in [5.41, 5.74) is 2.30. The van der Waals surface area contributed by atoms with Crippen molar-refractivity contribution < 1.29 is 4.74 Å². The smallest absolute Gasteiger partial charge is 0.126 e. The maximum absolute atomic E-state index is 5.36. The number of imidazole rings is 1. The molecule has 2 aromatic rings. The number of nitrogens with zero attached hydrogens (tertiary/aromatic N) is 4. The summed E-state index contributed by atoms with van der Waals surface area (Å²) in [6.07, 6.45) is 3.81. The van der Waals surface area contributed by atoms with Gasteiger partial charge in [-0.15, -0.1) is 0 Å². The van der Waals surface area contributed by atoms with Crippen molar-refractivity contribution in [2.24, 2.45) is 7.05 Å². The van der Waals surface area contributed by atoms with E-state index in [4.69, 9.17) is 4.74 Å². The molecule has 3 heterocycles. The monoisotopic (exact) mass is 287 g/mol. The van der Waals surface area contributed by atoms with Crippen LogP contribution in [0.25, 0.3) is 0 Å². The van der Waals surface area contributed by atoms with Crippen LogP contribution in [0.1, 0.15) is 11.5 Å². The molecule has 0 aromatic carbocycles. The van der Waals surface area contributed by atoms with Crippen molar-refractivity contribution in [3.8, 4) is 0 Å². The highest BCUT2D eigenvalue weighted by Gasteiger charge is 2.11. The second-order valence-corrected chi connectivity index (χ2v) is 5.21. The fourth-order valence-electron chi connectivity index (χ4n) is 2.39. The number of pyridine rings is 1. The van der Waals surface area contributed by atoms with Crippen LogP contribution >= 0.6 is 0 Å². The number of nitrogens with one attached hydrogen (secondary N) is 1. The van der Waals surface area contributed by atoms with Gasteiger partial charge in [0, 0.05) is 20.1 Å². The van der Waals surface area contributed by atoms with E-state index in [1.807, 2.05) is 32.4 Å². The van der Waals surface area contributed by atoms with Crippen molar-refractivity contribution in [1.82, 2.24) is 14.5 Å². The molecule has 0 bridgehead atoms. The van der Waals surface area contributed by atoms with E-state index in [9.17, 15) is 0 Å². The molecule has 1 aliphatic heterocycles. The molecule has 0 spiro atoms. The first-order chi connectivity index (χ1) is 10.2. The lowest BCUT2D eigenvalue weighted by atomic mass is 10.3. The van der Waals surface area contributed by atoms with Crippen LogP contribution in [0.15, 0.2) is 24.5 Å². The Morgan fingerprint density at radius 1 is 1.19 bits per heavy atom. The summed E-state index contributed by atoms with van der Waals surface area (Å²) in [5.74, 6) is 1.90. The Hall–Kier alpha value is -2.08. The molecule has 6 heteroatoms. The normalized spacial score (nSPS) is 15.2. The Balaban J connectivity index is 1.60. The minimum atomic E-state index is 0.723. The lowest BCUT2D eigenvalue weighted by molar-refractivity contribution is 0.122. The van der Waals surface area contributed by atoms with Crippen LogP contribution in [0.4, 0.5) is 11.5 Å². The molecule has 1 fully saturated rings. The SMILES string of the molecule is Cc1ncc(CNc2ccc(N3CCOCC3)cn2)n1C. The van der Waals surface area contributed by atoms with Crippen molar-refractivity contribution in [3.63, 3.8) is 0 Å². The third-order valence-electron chi connectivity index (χ3n) is 3.89. The van der Waals surface area contributed by atoms with Gasteiger partial charge in [-0.2, -0.15) is 0 Å². The highest BCUT2D eigenvalue weighted by atomic mass is 16.5. The fourth-order valence-corrected chi connectivity index (χ4v) is 2.39. The lowest BCUT2D eigenvalue weighted by Crippen LogP contribution is -2.36. The molecule has 0 radical (unpaired) electrons. The molecule has 0 aliphatic carbocycles. The Kier molecular flexibility index (Phi) is 4.06. The molecule has 1 saturated heterocycles. The van der Waals surface area contributed by atoms with E-state index in [0.29, 0.717) is 0 Å². The molecule has 2 aromatic heterocycles. The fraction of sp³-hybridized carbons (Fsp3) is 0.467. The molecule has 1 N–H and O–H groups in total. The van der Waals surface area contributed by atoms with E-state index >= 15 is 0 Å². The zero-order valence-corrected chi connectivity index (χ0v) is 12.5. The Morgan fingerprint density at radius 3 is 2.62 bits per heavy atom. The van der Waals surface area contributed by atoms with Crippen LogP contribution in [0.2, 0.25) is 0 Å². The van der Waals surface area contributed by atoms with Gasteiger partial charge >= 0.3 is 0 Å². The summed E-state index contributed by atoms with van der Waals surface area (Å²) in [6, 6.07) is 4.13. The van der Waals surface area contributed by atoms with Crippen LogP contribution in [-0.2, 0) is 18.3 Å². The van der Waals surface area contributed by atoms with Crippen LogP contribution in [0, 0.1) is 6.92 Å². The van der Waals surface area contributed by atoms with E-state index in [0.717, 1.165) is 55.9 Å². The van der Waals surface area contributed by atoms with Gasteiger partial charge < -0.3 is 19.5 Å². The van der Waals surface area contributed by atoms with E-state index in [-0.39, 0.29) is 0 Å². The first kappa shape index (κ1) is 13.9. The second-order valence-electron chi connectivity index (χ2n) is 5.21. The first-order valence-electron chi connectivity index (χ1n) is 7.24. The maximum atomic E-state index is 5.36. The van der Waals surface area contributed by atoms with Gasteiger partial charge in [-0.1, -0.05) is 0 Å². The molecule has 0 saturated carbocycles. The molecular weight excluding hydrogens is 266 g/mol. The van der Waals surface area contributed by atoms with Crippen LogP contribution in [0.3, 0.4) is 0 Å². The minimum Gasteiger partial charge on any atom is -0.378 e. The maximum Gasteiger partial charge on any atom is 0.126 e. The number of hydrogen-bond donors (Lipinski definition) is 1. The van der Waals surface area contributed by atoms with Crippen LogP contribution in [-0.4, -0.2) is 40.8 Å². The standard InChI is InChI=1S/C15H21N5O/c1-12-16-10-14(19(12)2)11-18-15-4-3-13(9-17-15)20-5-7-21-8-6-20/h3-4,9-10H,5-8,11H2,1-2H3,(H,17,18). The van der Waals surface area contributed by atoms with E-state index < -0.39 is 0 Å². The van der Waals surface area contributed by atoms with E-state index in [1.165, 1.54) is 0 Å². The van der Waals surface area contributed by atoms with Gasteiger partial charge in [-0.3, -0.25) is 0 Å². The average molecular weight is 287 g/mol. The summed E-state index contributed by atoms with van der Waals surface area (Å²) in [6.45, 7) is 6.17. The quantitative estimate of drug-likeness (QED) is 0.925. The molecule has 0 unspecified atom stereocenters. The number of hydrogen-bond acceptors (Lipinski definition) is 5. The zero-order chi connectivity index (χ0) is 14.7. The Morgan fingerprint density at radius 2 is 2.00 bits per heavy atom. The van der Waals surface area contributed by atoms with Crippen molar-refractivity contribution in [3.05, 3.63) is 36.0 Å². The van der Waals surface area contributed by atoms with Crippen molar-refractivity contribution in [1.29, 1.82) is 0 Å². The van der Waals surface area contributed by atoms with E-state index in [2.05, 4.69) is 30.8 Å². The van der Waals surface area contributed by atoms with Gasteiger partial charge in [0.05, 0.1) is 43.5 Å². The summed E-state index contributed by atoms with van der Waals surface area (Å²) >= 11 is 0. The van der Waals surface area contributed by atoms with Gasteiger partial charge in [-0.25, -0.2) is 9.97 Å². The van der Waals surface area contributed by atoms with Crippen molar-refractivity contribution in [2.45, 2.75) is 13.5 Å². The van der Waals surface area contributed by atoms with Crippen molar-refractivity contribution >= 4 is 11.5 Å². The molecule has 21 heavy (non-hydrogen) atoms. The van der Waals surface area contributed by atoms with Gasteiger partial charge in [0.25, 0.3) is 0 Å². The summed E-state index contributed by atoms with van der Waals surface area (Å²) in [5, 5.41) is 3.33. The highest BCUT2D eigenvalue weighted by Crippen LogP contribution is 2.16. The number of morpholine rings is 1. The second kappa shape index (κ2) is 6.13. The molecular formula is C15H21N5O. The molecule has 0 atom stereocenters. The highest BCUT2D eigenvalue weighted by molar-refractivity contribution is 5.49. The lowest BCUT2D eigenvalue weighted by Gasteiger charge is -2.28. The topological polar surface area (TPSA) is 55.2 Å². The van der Waals surface area contributed by atoms with Crippen molar-refractivity contribution in [2.75, 3.05) is 36.5 Å². The Bertz CT molecular complexity index is 587. The minimum absolute atomic E-state index is 0.723. The largest absolute Gasteiger partial charge is 0.378 e. The van der Waals surface area contributed by atoms with Crippen LogP contribution in [0.5, 0.6) is 0 Å². The molecule has 1 aliphatic rings. The van der Waals surface area contributed by atoms with Gasteiger partial charge in [-0.05, 0) is 19.1 Å². The third-order valence-corrected chi connectivity index (χ3v) is 3.89.